The highest BCUT2D eigenvalue weighted by Gasteiger charge is 2.45. The van der Waals surface area contributed by atoms with E-state index in [4.69, 9.17) is 14.2 Å². The molecule has 0 aromatic heterocycles. The van der Waals surface area contributed by atoms with E-state index in [2.05, 4.69) is 10.6 Å². The molecule has 0 spiro atoms. The number of carbonyl (C=O) groups excluding carboxylic acids is 4. The molecule has 2 N–H and O–H groups in total. The maximum Gasteiger partial charge on any atom is 0.306 e. The number of cyclic esters (lactones) is 1. The second-order valence-electron chi connectivity index (χ2n) is 8.64. The summed E-state index contributed by atoms with van der Waals surface area (Å²) in [7, 11) is 0. The van der Waals surface area contributed by atoms with Gasteiger partial charge in [-0.05, 0) is 20.3 Å². The van der Waals surface area contributed by atoms with E-state index in [9.17, 15) is 19.2 Å². The van der Waals surface area contributed by atoms with Crippen LogP contribution in [0, 0.1) is 5.41 Å². The predicted molar refractivity (Wildman–Crippen MR) is 111 cm³/mol. The van der Waals surface area contributed by atoms with Crippen molar-refractivity contribution in [3.05, 3.63) is 0 Å². The maximum atomic E-state index is 12.5. The van der Waals surface area contributed by atoms with E-state index in [-0.39, 0.29) is 48.4 Å². The first-order valence-electron chi connectivity index (χ1n) is 10.2. The standard InChI is InChI=1S/C20H32N2O7S/c1-19(2)12-27-20(3,4)29-17(19)18(26)22-8-7-14(23)21-9-10-30-16(25)11-13-5-6-15(24)28-13/h13,17H,5-12H2,1-4H3,(H,21,23)(H,22,26)/t13?,17-/m0/s1. The van der Waals surface area contributed by atoms with Crippen LogP contribution in [0.15, 0.2) is 0 Å². The molecule has 9 nitrogen and oxygen atoms in total. The highest BCUT2D eigenvalue weighted by atomic mass is 32.2. The van der Waals surface area contributed by atoms with Crippen LogP contribution in [0.2, 0.25) is 0 Å². The van der Waals surface area contributed by atoms with E-state index in [1.807, 2.05) is 13.8 Å². The van der Waals surface area contributed by atoms with Crippen molar-refractivity contribution in [1.82, 2.24) is 10.6 Å². The Hall–Kier alpha value is -1.65. The summed E-state index contributed by atoms with van der Waals surface area (Å²) in [6.45, 7) is 8.26. The monoisotopic (exact) mass is 444 g/mol. The van der Waals surface area contributed by atoms with Crippen molar-refractivity contribution in [3.8, 4) is 0 Å². The van der Waals surface area contributed by atoms with E-state index in [1.54, 1.807) is 13.8 Å². The summed E-state index contributed by atoms with van der Waals surface area (Å²) < 4.78 is 16.4. The van der Waals surface area contributed by atoms with Gasteiger partial charge in [0.25, 0.3) is 0 Å². The van der Waals surface area contributed by atoms with Gasteiger partial charge in [-0.15, -0.1) is 0 Å². The number of hydrogen-bond acceptors (Lipinski definition) is 8. The van der Waals surface area contributed by atoms with Crippen molar-refractivity contribution in [2.24, 2.45) is 5.41 Å². The lowest BCUT2D eigenvalue weighted by atomic mass is 9.85. The van der Waals surface area contributed by atoms with Gasteiger partial charge in [0.1, 0.15) is 12.2 Å². The van der Waals surface area contributed by atoms with Crippen molar-refractivity contribution in [1.29, 1.82) is 0 Å². The number of carbonyl (C=O) groups is 4. The van der Waals surface area contributed by atoms with Gasteiger partial charge in [-0.1, -0.05) is 25.6 Å². The lowest BCUT2D eigenvalue weighted by molar-refractivity contribution is -0.304. The molecule has 1 unspecified atom stereocenters. The highest BCUT2D eigenvalue weighted by Crippen LogP contribution is 2.34. The normalized spacial score (nSPS) is 24.7. The number of thioether (sulfide) groups is 1. The molecule has 2 saturated heterocycles. The number of rotatable bonds is 9. The molecule has 2 amide bonds. The number of hydrogen-bond donors (Lipinski definition) is 2. The SMILES string of the molecule is CC1(C)OCC(C)(C)[C@H](C(=O)NCCC(=O)NCCSC(=O)CC2CCC(=O)O2)O1. The largest absolute Gasteiger partial charge is 0.462 e. The smallest absolute Gasteiger partial charge is 0.306 e. The first-order valence-corrected chi connectivity index (χ1v) is 11.2. The number of nitrogens with one attached hydrogen (secondary N) is 2. The molecule has 30 heavy (non-hydrogen) atoms. The van der Waals surface area contributed by atoms with Crippen molar-refractivity contribution in [3.63, 3.8) is 0 Å². The number of ether oxygens (including phenoxy) is 3. The molecule has 2 atom stereocenters. The molecular weight excluding hydrogens is 412 g/mol. The molecule has 0 saturated carbocycles. The molecule has 10 heteroatoms. The van der Waals surface area contributed by atoms with Gasteiger partial charge in [-0.25, -0.2) is 0 Å². The molecule has 0 aromatic rings. The molecule has 0 radical (unpaired) electrons. The minimum absolute atomic E-state index is 0.0572. The van der Waals surface area contributed by atoms with Gasteiger partial charge in [0, 0.05) is 37.1 Å². The Morgan fingerprint density at radius 1 is 1.13 bits per heavy atom. The minimum atomic E-state index is -0.830. The lowest BCUT2D eigenvalue weighted by Crippen LogP contribution is -2.56. The zero-order valence-electron chi connectivity index (χ0n) is 18.1. The fraction of sp³-hybridized carbons (Fsp3) is 0.800. The van der Waals surface area contributed by atoms with Crippen molar-refractivity contribution >= 4 is 34.7 Å². The Balaban J connectivity index is 1.58. The van der Waals surface area contributed by atoms with Gasteiger partial charge < -0.3 is 24.8 Å². The molecule has 2 fully saturated rings. The minimum Gasteiger partial charge on any atom is -0.462 e. The zero-order valence-corrected chi connectivity index (χ0v) is 18.9. The Labute approximate surface area is 181 Å². The molecule has 170 valence electrons. The molecule has 2 aliphatic rings. The Kier molecular flexibility index (Phi) is 8.69. The highest BCUT2D eigenvalue weighted by molar-refractivity contribution is 8.13. The fourth-order valence-electron chi connectivity index (χ4n) is 3.13. The Morgan fingerprint density at radius 3 is 2.53 bits per heavy atom. The van der Waals surface area contributed by atoms with Gasteiger partial charge >= 0.3 is 5.97 Å². The maximum absolute atomic E-state index is 12.5. The van der Waals surface area contributed by atoms with Gasteiger partial charge in [0.2, 0.25) is 11.8 Å². The van der Waals surface area contributed by atoms with E-state index in [0.717, 1.165) is 11.8 Å². The molecule has 2 heterocycles. The third-order valence-corrected chi connectivity index (χ3v) is 5.74. The van der Waals surface area contributed by atoms with Gasteiger partial charge in [0.05, 0.1) is 13.0 Å². The first kappa shape index (κ1) is 24.6. The van der Waals surface area contributed by atoms with Crippen LogP contribution >= 0.6 is 11.8 Å². The second kappa shape index (κ2) is 10.6. The Morgan fingerprint density at radius 2 is 1.87 bits per heavy atom. The van der Waals surface area contributed by atoms with E-state index >= 15 is 0 Å². The van der Waals surface area contributed by atoms with Gasteiger partial charge in [-0.3, -0.25) is 19.2 Å². The zero-order chi connectivity index (χ0) is 22.4. The van der Waals surface area contributed by atoms with Crippen molar-refractivity contribution in [2.45, 2.75) is 71.4 Å². The van der Waals surface area contributed by atoms with Crippen LogP contribution in [-0.4, -0.2) is 66.3 Å². The Bertz CT molecular complexity index is 666. The van der Waals surface area contributed by atoms with Gasteiger partial charge in [0.15, 0.2) is 10.9 Å². The quantitative estimate of drug-likeness (QED) is 0.401. The molecule has 0 aromatic carbocycles. The average molecular weight is 445 g/mol. The first-order chi connectivity index (χ1) is 14.0. The number of esters is 1. The summed E-state index contributed by atoms with van der Waals surface area (Å²) in [5.41, 5.74) is -0.470. The number of amides is 2. The topological polar surface area (TPSA) is 120 Å². The third-order valence-electron chi connectivity index (χ3n) is 4.84. The van der Waals surface area contributed by atoms with Crippen LogP contribution in [0.25, 0.3) is 0 Å². The van der Waals surface area contributed by atoms with Crippen LogP contribution < -0.4 is 10.6 Å². The van der Waals surface area contributed by atoms with Crippen LogP contribution in [0.3, 0.4) is 0 Å². The molecule has 0 aliphatic carbocycles. The molecule has 0 bridgehead atoms. The van der Waals surface area contributed by atoms with Crippen LogP contribution in [-0.2, 0) is 33.4 Å². The van der Waals surface area contributed by atoms with Gasteiger partial charge in [-0.2, -0.15) is 0 Å². The summed E-state index contributed by atoms with van der Waals surface area (Å²) in [5.74, 6) is -1.12. The van der Waals surface area contributed by atoms with E-state index < -0.39 is 17.3 Å². The summed E-state index contributed by atoms with van der Waals surface area (Å²) in [5, 5.41) is 5.41. The van der Waals surface area contributed by atoms with E-state index in [0.29, 0.717) is 31.7 Å². The molecular formula is C20H32N2O7S. The van der Waals surface area contributed by atoms with Crippen LogP contribution in [0.5, 0.6) is 0 Å². The summed E-state index contributed by atoms with van der Waals surface area (Å²) in [6.07, 6.45) is 0.316. The third kappa shape index (κ3) is 7.88. The van der Waals surface area contributed by atoms with Crippen LogP contribution in [0.4, 0.5) is 0 Å². The second-order valence-corrected chi connectivity index (χ2v) is 9.79. The summed E-state index contributed by atoms with van der Waals surface area (Å²) >= 11 is 1.11. The average Bonchev–Trinajstić information content (AvgIpc) is 3.05. The van der Waals surface area contributed by atoms with E-state index in [1.165, 1.54) is 0 Å². The summed E-state index contributed by atoms with van der Waals surface area (Å²) in [4.78, 5) is 47.3. The molecule has 2 aliphatic heterocycles. The lowest BCUT2D eigenvalue weighted by Gasteiger charge is -2.44. The fourth-order valence-corrected chi connectivity index (χ4v) is 3.86. The molecule has 2 rings (SSSR count). The predicted octanol–water partition coefficient (Wildman–Crippen LogP) is 1.14. The van der Waals surface area contributed by atoms with Crippen molar-refractivity contribution < 1.29 is 33.4 Å². The summed E-state index contributed by atoms with van der Waals surface area (Å²) in [6, 6.07) is 0. The van der Waals surface area contributed by atoms with Crippen molar-refractivity contribution in [2.75, 3.05) is 25.4 Å². The van der Waals surface area contributed by atoms with Crippen LogP contribution in [0.1, 0.15) is 53.4 Å².